The highest BCUT2D eigenvalue weighted by Gasteiger charge is 2.35. The van der Waals surface area contributed by atoms with Gasteiger partial charge in [0.2, 0.25) is 0 Å². The Morgan fingerprint density at radius 1 is 1.33 bits per heavy atom. The summed E-state index contributed by atoms with van der Waals surface area (Å²) in [7, 11) is 1.94. The van der Waals surface area contributed by atoms with Crippen LogP contribution in [-0.2, 0) is 5.67 Å². The summed E-state index contributed by atoms with van der Waals surface area (Å²) in [4.78, 5) is 2.01. The summed E-state index contributed by atoms with van der Waals surface area (Å²) in [6, 6.07) is 6.44. The summed E-state index contributed by atoms with van der Waals surface area (Å²) in [5.74, 6) is 0.187. The second kappa shape index (κ2) is 3.81. The van der Waals surface area contributed by atoms with Crippen LogP contribution in [0, 0.1) is 0 Å². The van der Waals surface area contributed by atoms with E-state index in [-0.39, 0.29) is 5.75 Å². The van der Waals surface area contributed by atoms with E-state index in [9.17, 15) is 4.39 Å². The molecule has 1 atom stereocenters. The molecule has 0 aliphatic carbocycles. The van der Waals surface area contributed by atoms with Crippen LogP contribution < -0.4 is 0 Å². The Bertz CT molecular complexity index is 338. The summed E-state index contributed by atoms with van der Waals surface area (Å²) in [6.45, 7) is 1.40. The van der Waals surface area contributed by atoms with Crippen LogP contribution in [0.15, 0.2) is 24.3 Å². The molecule has 1 N–H and O–H groups in total. The number of likely N-dealkylation sites (tertiary alicyclic amines) is 1. The topological polar surface area (TPSA) is 23.5 Å². The highest BCUT2D eigenvalue weighted by atomic mass is 19.1. The van der Waals surface area contributed by atoms with Crippen molar-refractivity contribution in [3.8, 4) is 5.75 Å². The van der Waals surface area contributed by atoms with E-state index in [4.69, 9.17) is 5.11 Å². The number of rotatable bonds is 1. The maximum Gasteiger partial charge on any atom is 0.148 e. The van der Waals surface area contributed by atoms with Crippen LogP contribution in [-0.4, -0.2) is 30.1 Å². The maximum absolute atomic E-state index is 14.6. The minimum absolute atomic E-state index is 0.187. The largest absolute Gasteiger partial charge is 0.508 e. The van der Waals surface area contributed by atoms with Crippen LogP contribution in [0.25, 0.3) is 0 Å². The zero-order valence-electron chi connectivity index (χ0n) is 8.91. The van der Waals surface area contributed by atoms with Crippen LogP contribution in [0.5, 0.6) is 5.75 Å². The zero-order valence-corrected chi connectivity index (χ0v) is 8.91. The predicted octanol–water partition coefficient (Wildman–Crippen LogP) is 2.28. The second-order valence-corrected chi connectivity index (χ2v) is 4.35. The predicted molar refractivity (Wildman–Crippen MR) is 57.6 cm³/mol. The molecule has 1 saturated heterocycles. The molecule has 1 aromatic carbocycles. The van der Waals surface area contributed by atoms with E-state index in [2.05, 4.69) is 0 Å². The number of phenols is 1. The number of benzene rings is 1. The molecule has 1 fully saturated rings. The average molecular weight is 209 g/mol. The minimum atomic E-state index is -1.25. The molecule has 0 saturated carbocycles. The van der Waals surface area contributed by atoms with Gasteiger partial charge in [-0.05, 0) is 44.1 Å². The first-order chi connectivity index (χ1) is 7.10. The lowest BCUT2D eigenvalue weighted by molar-refractivity contribution is 0.0563. The van der Waals surface area contributed by atoms with Gasteiger partial charge in [0, 0.05) is 6.54 Å². The number of piperidine rings is 1. The van der Waals surface area contributed by atoms with Gasteiger partial charge in [0.15, 0.2) is 0 Å². The Kier molecular flexibility index (Phi) is 2.65. The fraction of sp³-hybridized carbons (Fsp3) is 0.500. The molecule has 0 aromatic heterocycles. The number of hydrogen-bond donors (Lipinski definition) is 1. The molecule has 1 unspecified atom stereocenters. The highest BCUT2D eigenvalue weighted by molar-refractivity contribution is 5.30. The third-order valence-corrected chi connectivity index (χ3v) is 3.02. The molecule has 1 aliphatic heterocycles. The Hall–Kier alpha value is -1.09. The monoisotopic (exact) mass is 209 g/mol. The van der Waals surface area contributed by atoms with Crippen molar-refractivity contribution in [3.05, 3.63) is 29.8 Å². The lowest BCUT2D eigenvalue weighted by Gasteiger charge is -2.35. The molecule has 1 aliphatic rings. The van der Waals surface area contributed by atoms with Gasteiger partial charge in [-0.15, -0.1) is 0 Å². The fourth-order valence-electron chi connectivity index (χ4n) is 2.21. The van der Waals surface area contributed by atoms with Crippen molar-refractivity contribution in [1.29, 1.82) is 0 Å². The first-order valence-electron chi connectivity index (χ1n) is 5.27. The number of hydrogen-bond acceptors (Lipinski definition) is 2. The van der Waals surface area contributed by atoms with E-state index < -0.39 is 5.67 Å². The Balaban J connectivity index is 2.24. The van der Waals surface area contributed by atoms with Crippen molar-refractivity contribution >= 4 is 0 Å². The van der Waals surface area contributed by atoms with Crippen LogP contribution in [0.4, 0.5) is 4.39 Å². The van der Waals surface area contributed by atoms with Gasteiger partial charge in [-0.25, -0.2) is 4.39 Å². The highest BCUT2D eigenvalue weighted by Crippen LogP contribution is 2.35. The van der Waals surface area contributed by atoms with E-state index in [0.29, 0.717) is 18.5 Å². The fourth-order valence-corrected chi connectivity index (χ4v) is 2.21. The number of aromatic hydroxyl groups is 1. The number of alkyl halides is 1. The minimum Gasteiger partial charge on any atom is -0.508 e. The number of halogens is 1. The van der Waals surface area contributed by atoms with E-state index in [1.54, 1.807) is 24.3 Å². The summed E-state index contributed by atoms with van der Waals surface area (Å²) in [6.07, 6.45) is 1.45. The summed E-state index contributed by atoms with van der Waals surface area (Å²) in [5, 5.41) is 9.16. The number of likely N-dealkylation sites (N-methyl/N-ethyl adjacent to an activating group) is 1. The second-order valence-electron chi connectivity index (χ2n) is 4.35. The van der Waals surface area contributed by atoms with Crippen molar-refractivity contribution in [2.75, 3.05) is 20.1 Å². The van der Waals surface area contributed by atoms with Crippen LogP contribution in [0.1, 0.15) is 18.4 Å². The first-order valence-corrected chi connectivity index (χ1v) is 5.27. The molecule has 15 heavy (non-hydrogen) atoms. The van der Waals surface area contributed by atoms with Gasteiger partial charge < -0.3 is 10.0 Å². The molecular weight excluding hydrogens is 193 g/mol. The first kappa shape index (κ1) is 10.4. The third-order valence-electron chi connectivity index (χ3n) is 3.02. The molecule has 0 amide bonds. The quantitative estimate of drug-likeness (QED) is 0.767. The average Bonchev–Trinajstić information content (AvgIpc) is 2.18. The van der Waals surface area contributed by atoms with E-state index in [0.717, 1.165) is 13.0 Å². The van der Waals surface area contributed by atoms with Gasteiger partial charge in [0.05, 0.1) is 0 Å². The van der Waals surface area contributed by atoms with Gasteiger partial charge in [0.25, 0.3) is 0 Å². The van der Waals surface area contributed by atoms with Crippen molar-refractivity contribution in [3.63, 3.8) is 0 Å². The van der Waals surface area contributed by atoms with Gasteiger partial charge >= 0.3 is 0 Å². The Labute approximate surface area is 89.3 Å². The molecule has 0 radical (unpaired) electrons. The van der Waals surface area contributed by atoms with Crippen molar-refractivity contribution in [2.24, 2.45) is 0 Å². The molecule has 2 rings (SSSR count). The van der Waals surface area contributed by atoms with Crippen molar-refractivity contribution in [1.82, 2.24) is 4.90 Å². The van der Waals surface area contributed by atoms with Gasteiger partial charge in [-0.1, -0.05) is 12.1 Å². The lowest BCUT2D eigenvalue weighted by Crippen LogP contribution is -2.41. The molecule has 1 aromatic rings. The lowest BCUT2D eigenvalue weighted by atomic mass is 9.88. The van der Waals surface area contributed by atoms with Crippen LogP contribution in [0.3, 0.4) is 0 Å². The van der Waals surface area contributed by atoms with Gasteiger partial charge in [0.1, 0.15) is 11.4 Å². The summed E-state index contributed by atoms with van der Waals surface area (Å²) in [5.41, 5.74) is -0.576. The van der Waals surface area contributed by atoms with E-state index >= 15 is 0 Å². The molecule has 2 nitrogen and oxygen atoms in total. The molecule has 3 heteroatoms. The van der Waals surface area contributed by atoms with E-state index in [1.807, 2.05) is 11.9 Å². The number of nitrogens with zero attached hydrogens (tertiary/aromatic N) is 1. The third kappa shape index (κ3) is 2.12. The van der Waals surface area contributed by atoms with Crippen molar-refractivity contribution in [2.45, 2.75) is 18.5 Å². The normalized spacial score (nSPS) is 27.9. The summed E-state index contributed by atoms with van der Waals surface area (Å²) < 4.78 is 14.6. The number of phenolic OH excluding ortho intramolecular Hbond substituents is 1. The van der Waals surface area contributed by atoms with E-state index in [1.165, 1.54) is 0 Å². The maximum atomic E-state index is 14.6. The zero-order chi connectivity index (χ0) is 10.9. The van der Waals surface area contributed by atoms with Crippen molar-refractivity contribution < 1.29 is 9.50 Å². The molecule has 82 valence electrons. The summed E-state index contributed by atoms with van der Waals surface area (Å²) >= 11 is 0. The van der Waals surface area contributed by atoms with Gasteiger partial charge in [-0.2, -0.15) is 0 Å². The molecular formula is C12H16FNO. The Morgan fingerprint density at radius 3 is 2.60 bits per heavy atom. The Morgan fingerprint density at radius 2 is 2.00 bits per heavy atom. The smallest absolute Gasteiger partial charge is 0.148 e. The molecule has 0 bridgehead atoms. The molecule has 0 spiro atoms. The van der Waals surface area contributed by atoms with Gasteiger partial charge in [-0.3, -0.25) is 0 Å². The standard InChI is InChI=1S/C12H16FNO/c1-14-8-2-7-12(13,9-14)10-3-5-11(15)6-4-10/h3-6,15H,2,7-9H2,1H3. The van der Waals surface area contributed by atoms with Crippen LogP contribution >= 0.6 is 0 Å². The molecule has 1 heterocycles. The SMILES string of the molecule is CN1CCCC(F)(c2ccc(O)cc2)C1. The van der Waals surface area contributed by atoms with Crippen LogP contribution in [0.2, 0.25) is 0 Å².